The molecule has 1 atom stereocenters. The Kier molecular flexibility index (Phi) is 3.23. The van der Waals surface area contributed by atoms with Gasteiger partial charge in [-0.2, -0.15) is 0 Å². The summed E-state index contributed by atoms with van der Waals surface area (Å²) < 4.78 is 4.87. The van der Waals surface area contributed by atoms with Crippen LogP contribution >= 0.6 is 0 Å². The van der Waals surface area contributed by atoms with Crippen LogP contribution in [0.15, 0.2) is 11.6 Å². The fourth-order valence-electron chi connectivity index (χ4n) is 1.52. The number of carbonyl (C=O) groups excluding carboxylic acids is 2. The van der Waals surface area contributed by atoms with Crippen LogP contribution in [0.25, 0.3) is 0 Å². The highest BCUT2D eigenvalue weighted by molar-refractivity contribution is 5.98. The highest BCUT2D eigenvalue weighted by atomic mass is 16.5. The van der Waals surface area contributed by atoms with Crippen molar-refractivity contribution in [2.24, 2.45) is 5.92 Å². The Labute approximate surface area is 77.8 Å². The maximum atomic E-state index is 11.3. The molecule has 0 radical (unpaired) electrons. The molecule has 0 fully saturated rings. The number of ether oxygens (including phenoxy) is 1. The SMILES string of the molecule is CCOC(=O)[C@H]1CC(=O)C=C1CC. The molecule has 0 saturated carbocycles. The molecule has 3 nitrogen and oxygen atoms in total. The molecule has 0 aromatic rings. The molecule has 0 aliphatic heterocycles. The van der Waals surface area contributed by atoms with Crippen molar-refractivity contribution in [3.8, 4) is 0 Å². The Bertz CT molecular complexity index is 253. The third-order valence-corrected chi connectivity index (χ3v) is 2.18. The third kappa shape index (κ3) is 2.17. The minimum Gasteiger partial charge on any atom is -0.466 e. The summed E-state index contributed by atoms with van der Waals surface area (Å²) >= 11 is 0. The summed E-state index contributed by atoms with van der Waals surface area (Å²) in [4.78, 5) is 22.4. The first-order valence-corrected chi connectivity index (χ1v) is 4.59. The van der Waals surface area contributed by atoms with Gasteiger partial charge in [0.05, 0.1) is 12.5 Å². The fraction of sp³-hybridized carbons (Fsp3) is 0.600. The van der Waals surface area contributed by atoms with Gasteiger partial charge in [-0.15, -0.1) is 0 Å². The monoisotopic (exact) mass is 182 g/mol. The smallest absolute Gasteiger partial charge is 0.313 e. The lowest BCUT2D eigenvalue weighted by molar-refractivity contribution is -0.147. The van der Waals surface area contributed by atoms with Gasteiger partial charge in [0.15, 0.2) is 5.78 Å². The molecule has 1 aliphatic carbocycles. The minimum absolute atomic E-state index is 0.0369. The number of ketones is 1. The number of esters is 1. The standard InChI is InChI=1S/C10H14O3/c1-3-7-5-8(11)6-9(7)10(12)13-4-2/h5,9H,3-4,6H2,1-2H3/t9-/m0/s1. The van der Waals surface area contributed by atoms with Crippen molar-refractivity contribution in [3.05, 3.63) is 11.6 Å². The molecule has 0 aromatic carbocycles. The van der Waals surface area contributed by atoms with Crippen molar-refractivity contribution >= 4 is 11.8 Å². The van der Waals surface area contributed by atoms with Crippen LogP contribution in [-0.2, 0) is 14.3 Å². The zero-order chi connectivity index (χ0) is 9.84. The Balaban J connectivity index is 2.66. The molecule has 0 bridgehead atoms. The predicted molar refractivity (Wildman–Crippen MR) is 48.1 cm³/mol. The summed E-state index contributed by atoms with van der Waals surface area (Å²) in [7, 11) is 0. The van der Waals surface area contributed by atoms with E-state index in [1.165, 1.54) is 0 Å². The maximum absolute atomic E-state index is 11.3. The van der Waals surface area contributed by atoms with Crippen molar-refractivity contribution in [3.63, 3.8) is 0 Å². The molecular weight excluding hydrogens is 168 g/mol. The van der Waals surface area contributed by atoms with Crippen LogP contribution in [0.2, 0.25) is 0 Å². The Morgan fingerprint density at radius 1 is 1.62 bits per heavy atom. The summed E-state index contributed by atoms with van der Waals surface area (Å²) in [6.45, 7) is 4.08. The van der Waals surface area contributed by atoms with E-state index in [1.807, 2.05) is 6.92 Å². The van der Waals surface area contributed by atoms with Gasteiger partial charge in [0.2, 0.25) is 0 Å². The van der Waals surface area contributed by atoms with Crippen LogP contribution < -0.4 is 0 Å². The molecule has 0 spiro atoms. The van der Waals surface area contributed by atoms with Crippen LogP contribution in [0.4, 0.5) is 0 Å². The van der Waals surface area contributed by atoms with Crippen LogP contribution in [0.1, 0.15) is 26.7 Å². The van der Waals surface area contributed by atoms with Crippen molar-refractivity contribution in [1.82, 2.24) is 0 Å². The number of carbonyl (C=O) groups is 2. The second kappa shape index (κ2) is 4.21. The summed E-state index contributed by atoms with van der Waals surface area (Å²) in [6, 6.07) is 0. The largest absolute Gasteiger partial charge is 0.466 e. The lowest BCUT2D eigenvalue weighted by Crippen LogP contribution is -2.17. The zero-order valence-electron chi connectivity index (χ0n) is 8.00. The highest BCUT2D eigenvalue weighted by Gasteiger charge is 2.30. The molecule has 0 aromatic heterocycles. The van der Waals surface area contributed by atoms with Crippen molar-refractivity contribution < 1.29 is 14.3 Å². The average molecular weight is 182 g/mol. The molecule has 1 rings (SSSR count). The number of hydrogen-bond acceptors (Lipinski definition) is 3. The summed E-state index contributed by atoms with van der Waals surface area (Å²) in [5.74, 6) is -0.534. The van der Waals surface area contributed by atoms with E-state index in [1.54, 1.807) is 13.0 Å². The van der Waals surface area contributed by atoms with Crippen molar-refractivity contribution in [2.45, 2.75) is 26.7 Å². The zero-order valence-corrected chi connectivity index (χ0v) is 8.00. The molecule has 0 heterocycles. The Hall–Kier alpha value is -1.12. The first-order chi connectivity index (χ1) is 6.19. The van der Waals surface area contributed by atoms with Gasteiger partial charge in [-0.25, -0.2) is 0 Å². The van der Waals surface area contributed by atoms with E-state index < -0.39 is 0 Å². The molecule has 72 valence electrons. The number of allylic oxidation sites excluding steroid dienone is 1. The first-order valence-electron chi connectivity index (χ1n) is 4.59. The van der Waals surface area contributed by atoms with Crippen LogP contribution in [0, 0.1) is 5.92 Å². The van der Waals surface area contributed by atoms with E-state index in [2.05, 4.69) is 0 Å². The van der Waals surface area contributed by atoms with Crippen molar-refractivity contribution in [2.75, 3.05) is 6.61 Å². The van der Waals surface area contributed by atoms with Gasteiger partial charge in [0.1, 0.15) is 0 Å². The summed E-state index contributed by atoms with van der Waals surface area (Å²) in [6.07, 6.45) is 2.61. The molecule has 1 aliphatic rings. The average Bonchev–Trinajstić information content (AvgIpc) is 2.47. The van der Waals surface area contributed by atoms with E-state index in [4.69, 9.17) is 4.74 Å². The molecule has 0 N–H and O–H groups in total. The van der Waals surface area contributed by atoms with Gasteiger partial charge in [-0.3, -0.25) is 9.59 Å². The number of hydrogen-bond donors (Lipinski definition) is 0. The first kappa shape index (κ1) is 9.96. The second-order valence-corrected chi connectivity index (χ2v) is 3.05. The Morgan fingerprint density at radius 2 is 2.31 bits per heavy atom. The molecule has 0 amide bonds. The van der Waals surface area contributed by atoms with E-state index in [0.29, 0.717) is 13.0 Å². The van der Waals surface area contributed by atoms with Crippen molar-refractivity contribution in [1.29, 1.82) is 0 Å². The molecule has 3 heteroatoms. The summed E-state index contributed by atoms with van der Waals surface area (Å²) in [5, 5.41) is 0. The predicted octanol–water partition coefficient (Wildman–Crippen LogP) is 1.47. The van der Waals surface area contributed by atoms with Crippen LogP contribution in [-0.4, -0.2) is 18.4 Å². The maximum Gasteiger partial charge on any atom is 0.313 e. The van der Waals surface area contributed by atoms with Gasteiger partial charge >= 0.3 is 5.97 Å². The lowest BCUT2D eigenvalue weighted by Gasteiger charge is -2.10. The van der Waals surface area contributed by atoms with Gasteiger partial charge in [-0.05, 0) is 19.4 Å². The Morgan fingerprint density at radius 3 is 2.85 bits per heavy atom. The van der Waals surface area contributed by atoms with Gasteiger partial charge in [0, 0.05) is 6.42 Å². The van der Waals surface area contributed by atoms with E-state index in [-0.39, 0.29) is 17.7 Å². The van der Waals surface area contributed by atoms with Gasteiger partial charge < -0.3 is 4.74 Å². The quantitative estimate of drug-likeness (QED) is 0.621. The van der Waals surface area contributed by atoms with E-state index >= 15 is 0 Å². The van der Waals surface area contributed by atoms with E-state index in [0.717, 1.165) is 12.0 Å². The number of rotatable bonds is 3. The lowest BCUT2D eigenvalue weighted by atomic mass is 10.00. The van der Waals surface area contributed by atoms with Gasteiger partial charge in [0.25, 0.3) is 0 Å². The van der Waals surface area contributed by atoms with Crippen LogP contribution in [0.3, 0.4) is 0 Å². The third-order valence-electron chi connectivity index (χ3n) is 2.18. The summed E-state index contributed by atoms with van der Waals surface area (Å²) in [5.41, 5.74) is 0.906. The van der Waals surface area contributed by atoms with E-state index in [9.17, 15) is 9.59 Å². The fourth-order valence-corrected chi connectivity index (χ4v) is 1.52. The molecule has 0 saturated heterocycles. The highest BCUT2D eigenvalue weighted by Crippen LogP contribution is 2.26. The minimum atomic E-state index is -0.308. The normalized spacial score (nSPS) is 21.5. The van der Waals surface area contributed by atoms with Gasteiger partial charge in [-0.1, -0.05) is 12.5 Å². The molecular formula is C10H14O3. The second-order valence-electron chi connectivity index (χ2n) is 3.05. The topological polar surface area (TPSA) is 43.4 Å². The van der Waals surface area contributed by atoms with Crippen LogP contribution in [0.5, 0.6) is 0 Å². The molecule has 13 heavy (non-hydrogen) atoms. The molecule has 0 unspecified atom stereocenters.